The Labute approximate surface area is 64.0 Å². The number of hydrogen-bond acceptors (Lipinski definition) is 3. The minimum absolute atomic E-state index is 0. The molecule has 10 heavy (non-hydrogen) atoms. The van der Waals surface area contributed by atoms with E-state index in [9.17, 15) is 0 Å². The summed E-state index contributed by atoms with van der Waals surface area (Å²) >= 11 is 0. The van der Waals surface area contributed by atoms with Crippen molar-refractivity contribution in [2.24, 2.45) is 0 Å². The van der Waals surface area contributed by atoms with Gasteiger partial charge in [-0.05, 0) is 6.92 Å². The van der Waals surface area contributed by atoms with Crippen molar-refractivity contribution < 1.29 is 14.6 Å². The smallest absolute Gasteiger partial charge is 0.146 e. The average molecular weight is 152 g/mol. The van der Waals surface area contributed by atoms with Gasteiger partial charge in [-0.1, -0.05) is 14.9 Å². The van der Waals surface area contributed by atoms with Gasteiger partial charge in [0.25, 0.3) is 0 Å². The normalized spacial score (nSPS) is 7.80. The second-order valence-corrected chi connectivity index (χ2v) is 1.24. The minimum atomic E-state index is 0. The van der Waals surface area contributed by atoms with E-state index in [0.717, 1.165) is 0 Å². The van der Waals surface area contributed by atoms with Crippen molar-refractivity contribution in [1.29, 1.82) is 0 Å². The molecule has 0 amide bonds. The first-order chi connectivity index (χ1) is 3.91. The second-order valence-electron chi connectivity index (χ2n) is 1.24. The molecule has 3 nitrogen and oxygen atoms in total. The monoisotopic (exact) mass is 152 g/mol. The maximum absolute atomic E-state index is 8.19. The summed E-state index contributed by atoms with van der Waals surface area (Å²) in [7, 11) is 0. The number of hydrogen-bond donors (Lipinski definition) is 1. The molecule has 0 atom stereocenters. The molecule has 0 saturated carbocycles. The first-order valence-electron chi connectivity index (χ1n) is 2.68. The fourth-order valence-corrected chi connectivity index (χ4v) is 0.266. The zero-order chi connectivity index (χ0) is 6.24. The van der Waals surface area contributed by atoms with Crippen LogP contribution in [0.4, 0.5) is 0 Å². The first-order valence-corrected chi connectivity index (χ1v) is 2.68. The summed E-state index contributed by atoms with van der Waals surface area (Å²) in [5.41, 5.74) is 0. The molecular weight excluding hydrogens is 132 g/mol. The highest BCUT2D eigenvalue weighted by Crippen LogP contribution is 1.74. The minimum Gasteiger partial charge on any atom is -0.394 e. The van der Waals surface area contributed by atoms with Gasteiger partial charge in [0.05, 0.1) is 13.2 Å². The zero-order valence-electron chi connectivity index (χ0n) is 5.09. The van der Waals surface area contributed by atoms with Gasteiger partial charge >= 0.3 is 0 Å². The fourth-order valence-electron chi connectivity index (χ4n) is 0.266. The molecule has 0 aliphatic rings. The molecule has 0 aliphatic carbocycles. The third-order valence-corrected chi connectivity index (χ3v) is 0.606. The summed E-state index contributed by atoms with van der Waals surface area (Å²) in [6.07, 6.45) is 0. The molecule has 0 fully saturated rings. The van der Waals surface area contributed by atoms with Gasteiger partial charge in [-0.3, -0.25) is 0 Å². The first kappa shape index (κ1) is 16.5. The third kappa shape index (κ3) is 15.7. The highest BCUT2D eigenvalue weighted by atomic mass is 16.7. The lowest BCUT2D eigenvalue weighted by Crippen LogP contribution is -2.03. The molecular formula is C7H20O3. The molecule has 0 aromatic rings. The standard InChI is InChI=1S/C5H12O3.2CH4/c1-2-7-5-8-4-3-6;;/h6H,2-5H2,1H3;2*1H4. The van der Waals surface area contributed by atoms with Crippen molar-refractivity contribution in [3.63, 3.8) is 0 Å². The Balaban J connectivity index is -0.000000245. The average Bonchev–Trinajstić information content (AvgIpc) is 1.81. The van der Waals surface area contributed by atoms with Gasteiger partial charge in [0.2, 0.25) is 0 Å². The van der Waals surface area contributed by atoms with Crippen molar-refractivity contribution in [1.82, 2.24) is 0 Å². The molecule has 0 spiro atoms. The van der Waals surface area contributed by atoms with E-state index >= 15 is 0 Å². The van der Waals surface area contributed by atoms with Gasteiger partial charge in [0.15, 0.2) is 0 Å². The van der Waals surface area contributed by atoms with E-state index in [4.69, 9.17) is 14.6 Å². The molecule has 0 aliphatic heterocycles. The highest BCUT2D eigenvalue weighted by Gasteiger charge is 1.81. The van der Waals surface area contributed by atoms with Crippen LogP contribution in [0.2, 0.25) is 0 Å². The van der Waals surface area contributed by atoms with Gasteiger partial charge in [-0.2, -0.15) is 0 Å². The van der Waals surface area contributed by atoms with Crippen LogP contribution in [0.15, 0.2) is 0 Å². The Hall–Kier alpha value is -0.120. The molecule has 0 heterocycles. The van der Waals surface area contributed by atoms with Crippen LogP contribution in [0.1, 0.15) is 21.8 Å². The van der Waals surface area contributed by atoms with E-state index in [0.29, 0.717) is 13.2 Å². The Morgan fingerprint density at radius 1 is 1.20 bits per heavy atom. The summed E-state index contributed by atoms with van der Waals surface area (Å²) in [5.74, 6) is 0. The molecule has 66 valence electrons. The van der Waals surface area contributed by atoms with Crippen molar-refractivity contribution in [3.05, 3.63) is 0 Å². The summed E-state index contributed by atoms with van der Waals surface area (Å²) in [6, 6.07) is 0. The molecule has 1 N–H and O–H groups in total. The van der Waals surface area contributed by atoms with Gasteiger partial charge in [-0.25, -0.2) is 0 Å². The molecule has 0 rings (SSSR count). The van der Waals surface area contributed by atoms with Crippen LogP contribution in [0.3, 0.4) is 0 Å². The number of rotatable bonds is 5. The molecule has 0 bridgehead atoms. The number of ether oxygens (including phenoxy) is 2. The summed E-state index contributed by atoms with van der Waals surface area (Å²) in [4.78, 5) is 0. The number of aliphatic hydroxyl groups excluding tert-OH is 1. The summed E-state index contributed by atoms with van der Waals surface area (Å²) in [5, 5.41) is 8.19. The molecule has 0 saturated heterocycles. The second kappa shape index (κ2) is 15.9. The fraction of sp³-hybridized carbons (Fsp3) is 1.00. The van der Waals surface area contributed by atoms with Crippen LogP contribution in [0.25, 0.3) is 0 Å². The van der Waals surface area contributed by atoms with Crippen molar-refractivity contribution in [2.75, 3.05) is 26.6 Å². The van der Waals surface area contributed by atoms with Gasteiger partial charge < -0.3 is 14.6 Å². The van der Waals surface area contributed by atoms with Crippen LogP contribution in [-0.4, -0.2) is 31.7 Å². The van der Waals surface area contributed by atoms with Crippen LogP contribution >= 0.6 is 0 Å². The van der Waals surface area contributed by atoms with Crippen molar-refractivity contribution >= 4 is 0 Å². The lowest BCUT2D eigenvalue weighted by Gasteiger charge is -1.99. The molecule has 0 aromatic heterocycles. The van der Waals surface area contributed by atoms with Crippen LogP contribution < -0.4 is 0 Å². The van der Waals surface area contributed by atoms with Crippen LogP contribution in [0, 0.1) is 0 Å². The molecule has 3 heteroatoms. The van der Waals surface area contributed by atoms with Crippen molar-refractivity contribution in [2.45, 2.75) is 21.8 Å². The SMILES string of the molecule is C.C.CCOCOCCO. The molecule has 0 aromatic carbocycles. The Morgan fingerprint density at radius 3 is 2.20 bits per heavy atom. The summed E-state index contributed by atoms with van der Waals surface area (Å²) < 4.78 is 9.55. The highest BCUT2D eigenvalue weighted by molar-refractivity contribution is 4.17. The Morgan fingerprint density at radius 2 is 1.80 bits per heavy atom. The van der Waals surface area contributed by atoms with Crippen LogP contribution in [-0.2, 0) is 9.47 Å². The van der Waals surface area contributed by atoms with Crippen molar-refractivity contribution in [3.8, 4) is 0 Å². The van der Waals surface area contributed by atoms with Gasteiger partial charge in [0.1, 0.15) is 6.79 Å². The van der Waals surface area contributed by atoms with E-state index in [1.165, 1.54) is 0 Å². The zero-order valence-corrected chi connectivity index (χ0v) is 5.09. The number of aliphatic hydroxyl groups is 1. The van der Waals surface area contributed by atoms with E-state index in [1.54, 1.807) is 0 Å². The van der Waals surface area contributed by atoms with Gasteiger partial charge in [0, 0.05) is 6.61 Å². The van der Waals surface area contributed by atoms with E-state index in [-0.39, 0.29) is 28.3 Å². The van der Waals surface area contributed by atoms with E-state index in [1.807, 2.05) is 6.92 Å². The lowest BCUT2D eigenvalue weighted by atomic mass is 10.8. The Kier molecular flexibility index (Phi) is 26.2. The molecule has 0 radical (unpaired) electrons. The quantitative estimate of drug-likeness (QED) is 0.476. The summed E-state index contributed by atoms with van der Waals surface area (Å²) in [6.45, 7) is 3.26. The largest absolute Gasteiger partial charge is 0.394 e. The van der Waals surface area contributed by atoms with Crippen LogP contribution in [0.5, 0.6) is 0 Å². The third-order valence-electron chi connectivity index (χ3n) is 0.606. The maximum Gasteiger partial charge on any atom is 0.146 e. The topological polar surface area (TPSA) is 38.7 Å². The van der Waals surface area contributed by atoms with E-state index in [2.05, 4.69) is 0 Å². The van der Waals surface area contributed by atoms with E-state index < -0.39 is 0 Å². The lowest BCUT2D eigenvalue weighted by molar-refractivity contribution is -0.0581. The molecule has 0 unspecified atom stereocenters. The predicted molar refractivity (Wildman–Crippen MR) is 43.0 cm³/mol. The predicted octanol–water partition coefficient (Wildman–Crippen LogP) is 1.26. The maximum atomic E-state index is 8.19. The van der Waals surface area contributed by atoms with Gasteiger partial charge in [-0.15, -0.1) is 0 Å². The Bertz CT molecular complexity index is 33.8.